The number of hydrogen-bond donors (Lipinski definition) is 1. The fourth-order valence-electron chi connectivity index (χ4n) is 1.68. The molecule has 1 N–H and O–H groups in total. The highest BCUT2D eigenvalue weighted by Crippen LogP contribution is 2.25. The van der Waals surface area contributed by atoms with Gasteiger partial charge in [0.25, 0.3) is 0 Å². The molecular weight excluding hydrogens is 289 g/mol. The van der Waals surface area contributed by atoms with E-state index in [9.17, 15) is 13.2 Å². The summed E-state index contributed by atoms with van der Waals surface area (Å²) in [7, 11) is 0. The molecule has 7 heteroatoms. The Morgan fingerprint density at radius 2 is 1.95 bits per heavy atom. The maximum atomic E-state index is 12.5. The predicted octanol–water partition coefficient (Wildman–Crippen LogP) is 3.19. The van der Waals surface area contributed by atoms with Crippen LogP contribution in [0.3, 0.4) is 0 Å². The van der Waals surface area contributed by atoms with Gasteiger partial charge in [0, 0.05) is 23.9 Å². The Labute approximate surface area is 121 Å². The fourth-order valence-corrected chi connectivity index (χ4v) is 2.74. The molecule has 0 aromatic carbocycles. The number of halogens is 3. The van der Waals surface area contributed by atoms with Crippen molar-refractivity contribution in [2.45, 2.75) is 45.3 Å². The summed E-state index contributed by atoms with van der Waals surface area (Å²) >= 11 is 1.38. The van der Waals surface area contributed by atoms with E-state index in [4.69, 9.17) is 5.11 Å². The molecule has 0 aliphatic rings. The maximum Gasteiger partial charge on any atom is 0.401 e. The molecule has 1 aromatic heterocycles. The van der Waals surface area contributed by atoms with Gasteiger partial charge >= 0.3 is 6.18 Å². The van der Waals surface area contributed by atoms with Crippen molar-refractivity contribution in [3.8, 4) is 0 Å². The number of rotatable bonds is 6. The lowest BCUT2D eigenvalue weighted by Crippen LogP contribution is -2.34. The quantitative estimate of drug-likeness (QED) is 0.876. The molecule has 0 unspecified atom stereocenters. The Morgan fingerprint density at radius 1 is 1.30 bits per heavy atom. The van der Waals surface area contributed by atoms with Gasteiger partial charge in [-0.3, -0.25) is 4.90 Å². The van der Waals surface area contributed by atoms with Crippen molar-refractivity contribution in [2.75, 3.05) is 19.7 Å². The van der Waals surface area contributed by atoms with Crippen LogP contribution in [0.2, 0.25) is 0 Å². The number of aliphatic hydroxyl groups is 1. The average molecular weight is 310 g/mol. The number of hydrogen-bond acceptors (Lipinski definition) is 4. The van der Waals surface area contributed by atoms with Gasteiger partial charge in [0.05, 0.1) is 18.8 Å². The molecule has 0 amide bonds. The molecular formula is C13H21F3N2OS. The van der Waals surface area contributed by atoms with E-state index in [-0.39, 0.29) is 25.1 Å². The molecule has 1 aromatic rings. The van der Waals surface area contributed by atoms with E-state index in [2.05, 4.69) is 4.98 Å². The highest BCUT2D eigenvalue weighted by atomic mass is 32.1. The van der Waals surface area contributed by atoms with Gasteiger partial charge in [-0.15, -0.1) is 11.3 Å². The SMILES string of the molecule is CC(C)(C)c1csc(CN(CCCO)CC(F)(F)F)n1. The van der Waals surface area contributed by atoms with E-state index in [0.717, 1.165) is 5.69 Å². The molecule has 1 heterocycles. The molecule has 116 valence electrons. The molecule has 0 saturated heterocycles. The van der Waals surface area contributed by atoms with Crippen LogP contribution >= 0.6 is 11.3 Å². The summed E-state index contributed by atoms with van der Waals surface area (Å²) in [5.41, 5.74) is 0.793. The molecule has 0 radical (unpaired) electrons. The smallest absolute Gasteiger partial charge is 0.396 e. The molecule has 1 rings (SSSR count). The average Bonchev–Trinajstić information content (AvgIpc) is 2.72. The number of aliphatic hydroxyl groups excluding tert-OH is 1. The summed E-state index contributed by atoms with van der Waals surface area (Å²) in [5, 5.41) is 11.3. The van der Waals surface area contributed by atoms with Crippen LogP contribution in [0.25, 0.3) is 0 Å². The molecule has 0 atom stereocenters. The third-order valence-electron chi connectivity index (χ3n) is 2.71. The monoisotopic (exact) mass is 310 g/mol. The minimum Gasteiger partial charge on any atom is -0.396 e. The van der Waals surface area contributed by atoms with Crippen LogP contribution in [-0.4, -0.2) is 40.9 Å². The van der Waals surface area contributed by atoms with Crippen LogP contribution in [0.1, 0.15) is 37.9 Å². The van der Waals surface area contributed by atoms with Crippen LogP contribution < -0.4 is 0 Å². The van der Waals surface area contributed by atoms with Crippen molar-refractivity contribution in [1.29, 1.82) is 0 Å². The van der Waals surface area contributed by atoms with E-state index in [1.807, 2.05) is 26.2 Å². The zero-order valence-electron chi connectivity index (χ0n) is 12.0. The van der Waals surface area contributed by atoms with Gasteiger partial charge in [-0.2, -0.15) is 13.2 Å². The van der Waals surface area contributed by atoms with E-state index >= 15 is 0 Å². The Hall–Kier alpha value is -0.660. The van der Waals surface area contributed by atoms with Crippen LogP contribution in [0.15, 0.2) is 5.38 Å². The number of nitrogens with zero attached hydrogens (tertiary/aromatic N) is 2. The second kappa shape index (κ2) is 6.87. The molecule has 0 fully saturated rings. The van der Waals surface area contributed by atoms with Gasteiger partial charge in [-0.1, -0.05) is 20.8 Å². The van der Waals surface area contributed by atoms with Crippen molar-refractivity contribution in [3.05, 3.63) is 16.1 Å². The summed E-state index contributed by atoms with van der Waals surface area (Å²) in [6.45, 7) is 5.35. The summed E-state index contributed by atoms with van der Waals surface area (Å²) in [6, 6.07) is 0. The summed E-state index contributed by atoms with van der Waals surface area (Å²) in [4.78, 5) is 5.69. The first-order chi connectivity index (χ1) is 9.12. The van der Waals surface area contributed by atoms with Crippen molar-refractivity contribution >= 4 is 11.3 Å². The maximum absolute atomic E-state index is 12.5. The first kappa shape index (κ1) is 17.4. The minimum atomic E-state index is -4.24. The molecule has 0 spiro atoms. The predicted molar refractivity (Wildman–Crippen MR) is 73.8 cm³/mol. The highest BCUT2D eigenvalue weighted by Gasteiger charge is 2.31. The van der Waals surface area contributed by atoms with Crippen LogP contribution in [-0.2, 0) is 12.0 Å². The lowest BCUT2D eigenvalue weighted by Gasteiger charge is -2.22. The Bertz CT molecular complexity index is 412. The van der Waals surface area contributed by atoms with E-state index in [1.54, 1.807) is 0 Å². The molecule has 20 heavy (non-hydrogen) atoms. The van der Waals surface area contributed by atoms with Crippen molar-refractivity contribution in [1.82, 2.24) is 9.88 Å². The van der Waals surface area contributed by atoms with E-state index < -0.39 is 12.7 Å². The van der Waals surface area contributed by atoms with Crippen molar-refractivity contribution in [2.24, 2.45) is 0 Å². The zero-order chi connectivity index (χ0) is 15.4. The molecule has 0 aliphatic carbocycles. The largest absolute Gasteiger partial charge is 0.401 e. The second-order valence-electron chi connectivity index (χ2n) is 5.78. The normalized spacial score (nSPS) is 13.2. The minimum absolute atomic E-state index is 0.102. The summed E-state index contributed by atoms with van der Waals surface area (Å²) in [5.74, 6) is 0. The molecule has 0 bridgehead atoms. The van der Waals surface area contributed by atoms with Gasteiger partial charge in [-0.05, 0) is 6.42 Å². The lowest BCUT2D eigenvalue weighted by molar-refractivity contribution is -0.147. The van der Waals surface area contributed by atoms with Gasteiger partial charge in [0.1, 0.15) is 5.01 Å². The third kappa shape index (κ3) is 6.19. The number of aromatic nitrogens is 1. The van der Waals surface area contributed by atoms with Gasteiger partial charge in [0.2, 0.25) is 0 Å². The lowest BCUT2D eigenvalue weighted by atomic mass is 9.93. The topological polar surface area (TPSA) is 36.4 Å². The van der Waals surface area contributed by atoms with Gasteiger partial charge in [-0.25, -0.2) is 4.98 Å². The number of thiazole rings is 1. The highest BCUT2D eigenvalue weighted by molar-refractivity contribution is 7.09. The first-order valence-corrected chi connectivity index (χ1v) is 7.34. The van der Waals surface area contributed by atoms with Crippen LogP contribution in [0.4, 0.5) is 13.2 Å². The van der Waals surface area contributed by atoms with Crippen molar-refractivity contribution < 1.29 is 18.3 Å². The summed E-state index contributed by atoms with van der Waals surface area (Å²) < 4.78 is 37.5. The molecule has 3 nitrogen and oxygen atoms in total. The first-order valence-electron chi connectivity index (χ1n) is 6.46. The van der Waals surface area contributed by atoms with Gasteiger partial charge < -0.3 is 5.11 Å². The van der Waals surface area contributed by atoms with E-state index in [0.29, 0.717) is 11.4 Å². The third-order valence-corrected chi connectivity index (χ3v) is 3.55. The molecule has 0 saturated carbocycles. The zero-order valence-corrected chi connectivity index (χ0v) is 12.8. The molecule has 0 aliphatic heterocycles. The van der Waals surface area contributed by atoms with E-state index in [1.165, 1.54) is 16.2 Å². The number of alkyl halides is 3. The Morgan fingerprint density at radius 3 is 2.40 bits per heavy atom. The Balaban J connectivity index is 2.71. The van der Waals surface area contributed by atoms with Crippen LogP contribution in [0.5, 0.6) is 0 Å². The summed E-state index contributed by atoms with van der Waals surface area (Å²) in [6.07, 6.45) is -3.91. The van der Waals surface area contributed by atoms with Gasteiger partial charge in [0.15, 0.2) is 0 Å². The Kier molecular flexibility index (Phi) is 5.97. The van der Waals surface area contributed by atoms with Crippen LogP contribution in [0, 0.1) is 0 Å². The standard InChI is InChI=1S/C13H21F3N2OS/c1-12(2,3)10-8-20-11(17-10)7-18(5-4-6-19)9-13(14,15)16/h8,19H,4-7,9H2,1-3H3. The second-order valence-corrected chi connectivity index (χ2v) is 6.72. The van der Waals surface area contributed by atoms with Crippen molar-refractivity contribution in [3.63, 3.8) is 0 Å². The fraction of sp³-hybridized carbons (Fsp3) is 0.769.